The normalized spacial score (nSPS) is 38.0. The summed E-state index contributed by atoms with van der Waals surface area (Å²) in [4.78, 5) is 39.6. The van der Waals surface area contributed by atoms with E-state index in [9.17, 15) is 14.4 Å². The fourth-order valence-electron chi connectivity index (χ4n) is 4.64. The zero-order valence-corrected chi connectivity index (χ0v) is 14.1. The van der Waals surface area contributed by atoms with Crippen molar-refractivity contribution in [2.75, 3.05) is 18.8 Å². The second-order valence-corrected chi connectivity index (χ2v) is 9.05. The summed E-state index contributed by atoms with van der Waals surface area (Å²) in [6, 6.07) is -0.330. The molecule has 1 N–H and O–H groups in total. The van der Waals surface area contributed by atoms with Gasteiger partial charge in [-0.15, -0.1) is 11.8 Å². The maximum Gasteiger partial charge on any atom is 0.307 e. The van der Waals surface area contributed by atoms with Gasteiger partial charge in [0.05, 0.1) is 10.8 Å². The SMILES string of the molecule is CC12CCC(=O)N1C(C(=O)N1CCC3(CC1)CC3C(=O)O)CS2. The molecule has 4 aliphatic rings. The van der Waals surface area contributed by atoms with Crippen molar-refractivity contribution >= 4 is 29.5 Å². The Morgan fingerprint density at radius 1 is 1.26 bits per heavy atom. The van der Waals surface area contributed by atoms with Crippen LogP contribution in [0.3, 0.4) is 0 Å². The lowest BCUT2D eigenvalue weighted by Gasteiger charge is -2.37. The molecule has 1 spiro atoms. The average molecular weight is 338 g/mol. The number of rotatable bonds is 2. The summed E-state index contributed by atoms with van der Waals surface area (Å²) < 4.78 is 0. The number of carbonyl (C=O) groups excluding carboxylic acids is 2. The van der Waals surface area contributed by atoms with E-state index in [-0.39, 0.29) is 34.1 Å². The number of likely N-dealkylation sites (tertiary alicyclic amines) is 1. The van der Waals surface area contributed by atoms with E-state index in [4.69, 9.17) is 5.11 Å². The molecule has 0 aromatic heterocycles. The molecule has 3 heterocycles. The highest BCUT2D eigenvalue weighted by Crippen LogP contribution is 2.59. The van der Waals surface area contributed by atoms with Crippen molar-refractivity contribution in [1.29, 1.82) is 0 Å². The van der Waals surface area contributed by atoms with E-state index in [2.05, 4.69) is 6.92 Å². The zero-order chi connectivity index (χ0) is 16.4. The highest BCUT2D eigenvalue weighted by atomic mass is 32.2. The molecule has 23 heavy (non-hydrogen) atoms. The predicted octanol–water partition coefficient (Wildman–Crippen LogP) is 1.15. The number of nitrogens with zero attached hydrogens (tertiary/aromatic N) is 2. The summed E-state index contributed by atoms with van der Waals surface area (Å²) >= 11 is 1.72. The fraction of sp³-hybridized carbons (Fsp3) is 0.812. The quantitative estimate of drug-likeness (QED) is 0.817. The van der Waals surface area contributed by atoms with Crippen molar-refractivity contribution in [2.24, 2.45) is 11.3 Å². The molecule has 3 atom stereocenters. The Morgan fingerprint density at radius 2 is 1.96 bits per heavy atom. The maximum atomic E-state index is 12.9. The summed E-state index contributed by atoms with van der Waals surface area (Å²) in [7, 11) is 0. The third-order valence-electron chi connectivity index (χ3n) is 6.29. The van der Waals surface area contributed by atoms with Crippen molar-refractivity contribution in [3.8, 4) is 0 Å². The van der Waals surface area contributed by atoms with Crippen LogP contribution in [0.2, 0.25) is 0 Å². The molecule has 126 valence electrons. The van der Waals surface area contributed by atoms with Gasteiger partial charge in [-0.3, -0.25) is 14.4 Å². The molecule has 6 nitrogen and oxygen atoms in total. The molecule has 0 bridgehead atoms. The van der Waals surface area contributed by atoms with Gasteiger partial charge in [-0.1, -0.05) is 0 Å². The number of amides is 2. The summed E-state index contributed by atoms with van der Waals surface area (Å²) in [5.41, 5.74) is -0.0645. The molecule has 4 rings (SSSR count). The van der Waals surface area contributed by atoms with Crippen LogP contribution in [-0.4, -0.2) is 62.4 Å². The number of fused-ring (bicyclic) bond motifs is 1. The first-order valence-corrected chi connectivity index (χ1v) is 9.33. The van der Waals surface area contributed by atoms with Crippen LogP contribution in [0.5, 0.6) is 0 Å². The second-order valence-electron chi connectivity index (χ2n) is 7.55. The Kier molecular flexibility index (Phi) is 3.25. The van der Waals surface area contributed by atoms with Crippen molar-refractivity contribution in [1.82, 2.24) is 9.80 Å². The van der Waals surface area contributed by atoms with Crippen molar-refractivity contribution in [3.05, 3.63) is 0 Å². The first-order valence-electron chi connectivity index (χ1n) is 8.34. The molecule has 4 fully saturated rings. The molecular weight excluding hydrogens is 316 g/mol. The molecule has 3 saturated heterocycles. The Hall–Kier alpha value is -1.24. The number of hydrogen-bond acceptors (Lipinski definition) is 4. The Labute approximate surface area is 139 Å². The Balaban J connectivity index is 1.41. The van der Waals surface area contributed by atoms with Gasteiger partial charge in [0.25, 0.3) is 0 Å². The molecule has 0 aromatic carbocycles. The minimum absolute atomic E-state index is 0.0545. The number of carbonyl (C=O) groups is 3. The molecule has 7 heteroatoms. The molecule has 0 radical (unpaired) electrons. The lowest BCUT2D eigenvalue weighted by Crippen LogP contribution is -2.53. The van der Waals surface area contributed by atoms with Gasteiger partial charge in [-0.25, -0.2) is 0 Å². The van der Waals surface area contributed by atoms with Gasteiger partial charge in [-0.05, 0) is 38.0 Å². The smallest absolute Gasteiger partial charge is 0.307 e. The summed E-state index contributed by atoms with van der Waals surface area (Å²) in [5.74, 6) is -0.0857. The molecule has 1 saturated carbocycles. The minimum Gasteiger partial charge on any atom is -0.481 e. The van der Waals surface area contributed by atoms with Gasteiger partial charge in [0, 0.05) is 25.3 Å². The van der Waals surface area contributed by atoms with E-state index in [1.54, 1.807) is 11.8 Å². The van der Waals surface area contributed by atoms with Crippen LogP contribution in [0.15, 0.2) is 0 Å². The summed E-state index contributed by atoms with van der Waals surface area (Å²) in [6.07, 6.45) is 3.67. The van der Waals surface area contributed by atoms with Gasteiger partial charge in [-0.2, -0.15) is 0 Å². The van der Waals surface area contributed by atoms with E-state index in [0.717, 1.165) is 25.7 Å². The second kappa shape index (κ2) is 4.88. The number of hydrogen-bond donors (Lipinski definition) is 1. The molecule has 3 unspecified atom stereocenters. The zero-order valence-electron chi connectivity index (χ0n) is 13.3. The molecule has 2 amide bonds. The van der Waals surface area contributed by atoms with Crippen molar-refractivity contribution in [3.63, 3.8) is 0 Å². The Morgan fingerprint density at radius 3 is 2.57 bits per heavy atom. The molecule has 1 aliphatic carbocycles. The van der Waals surface area contributed by atoms with E-state index >= 15 is 0 Å². The fourth-order valence-corrected chi connectivity index (χ4v) is 6.06. The van der Waals surface area contributed by atoms with Gasteiger partial charge in [0.2, 0.25) is 11.8 Å². The van der Waals surface area contributed by atoms with E-state index in [1.807, 2.05) is 9.80 Å². The summed E-state index contributed by atoms with van der Waals surface area (Å²) in [6.45, 7) is 3.31. The molecular formula is C16H22N2O4S. The van der Waals surface area contributed by atoms with Gasteiger partial charge in [0.1, 0.15) is 6.04 Å². The number of thioether (sulfide) groups is 1. The maximum absolute atomic E-state index is 12.9. The van der Waals surface area contributed by atoms with Crippen LogP contribution >= 0.6 is 11.8 Å². The number of carboxylic acids is 1. The van der Waals surface area contributed by atoms with Gasteiger partial charge < -0.3 is 14.9 Å². The van der Waals surface area contributed by atoms with E-state index < -0.39 is 5.97 Å². The van der Waals surface area contributed by atoms with E-state index in [0.29, 0.717) is 25.3 Å². The first-order chi connectivity index (χ1) is 10.9. The Bertz CT molecular complexity index is 587. The number of piperidine rings is 1. The lowest BCUT2D eigenvalue weighted by atomic mass is 9.90. The van der Waals surface area contributed by atoms with Crippen LogP contribution in [0.4, 0.5) is 0 Å². The van der Waals surface area contributed by atoms with Crippen molar-refractivity contribution in [2.45, 2.75) is 49.9 Å². The van der Waals surface area contributed by atoms with Crippen LogP contribution in [0.1, 0.15) is 39.0 Å². The average Bonchev–Trinajstić information content (AvgIpc) is 2.98. The lowest BCUT2D eigenvalue weighted by molar-refractivity contribution is -0.145. The standard InChI is InChI=1S/C16H22N2O4S/c1-15-3-2-12(19)18(15)11(9-23-15)13(20)17-6-4-16(5-7-17)8-10(16)14(21)22/h10-11H,2-9H2,1H3,(H,21,22). The molecule has 3 aliphatic heterocycles. The number of aliphatic carboxylic acids is 1. The third-order valence-corrected chi connectivity index (χ3v) is 7.79. The van der Waals surface area contributed by atoms with Crippen LogP contribution in [0, 0.1) is 11.3 Å². The number of carboxylic acid groups (broad SMARTS) is 1. The first kappa shape index (κ1) is 15.3. The molecule has 0 aromatic rings. The van der Waals surface area contributed by atoms with Crippen molar-refractivity contribution < 1.29 is 19.5 Å². The third kappa shape index (κ3) is 2.19. The predicted molar refractivity (Wildman–Crippen MR) is 84.7 cm³/mol. The highest BCUT2D eigenvalue weighted by Gasteiger charge is 2.60. The summed E-state index contributed by atoms with van der Waals surface area (Å²) in [5, 5.41) is 9.15. The van der Waals surface area contributed by atoms with Gasteiger partial charge >= 0.3 is 5.97 Å². The van der Waals surface area contributed by atoms with E-state index in [1.165, 1.54) is 0 Å². The van der Waals surface area contributed by atoms with Crippen LogP contribution in [-0.2, 0) is 14.4 Å². The minimum atomic E-state index is -0.699. The largest absolute Gasteiger partial charge is 0.481 e. The highest BCUT2D eigenvalue weighted by molar-refractivity contribution is 8.01. The van der Waals surface area contributed by atoms with Gasteiger partial charge in [0.15, 0.2) is 0 Å². The monoisotopic (exact) mass is 338 g/mol. The van der Waals surface area contributed by atoms with Crippen LogP contribution in [0.25, 0.3) is 0 Å². The van der Waals surface area contributed by atoms with Crippen LogP contribution < -0.4 is 0 Å². The topological polar surface area (TPSA) is 77.9 Å².